The minimum absolute atomic E-state index is 0.0794. The van der Waals surface area contributed by atoms with Gasteiger partial charge in [-0.1, -0.05) is 23.7 Å². The van der Waals surface area contributed by atoms with Crippen LogP contribution in [0.25, 0.3) is 16.7 Å². The van der Waals surface area contributed by atoms with Gasteiger partial charge in [-0.3, -0.25) is 14.2 Å². The Morgan fingerprint density at radius 3 is 2.33 bits per heavy atom. The summed E-state index contributed by atoms with van der Waals surface area (Å²) in [7, 11) is 0. The van der Waals surface area contributed by atoms with Crippen LogP contribution in [0, 0.1) is 0 Å². The normalized spacial score (nSPS) is 12.1. The molecule has 3 aromatic rings. The minimum atomic E-state index is -4.64. The highest BCUT2D eigenvalue weighted by Crippen LogP contribution is 2.39. The second kappa shape index (κ2) is 9.05. The van der Waals surface area contributed by atoms with E-state index in [9.17, 15) is 22.8 Å². The molecule has 0 aliphatic heterocycles. The first-order valence-electron chi connectivity index (χ1n) is 10.2. The molecule has 0 radical (unpaired) electrons. The molecule has 0 saturated heterocycles. The number of esters is 1. The smallest absolute Gasteiger partial charge is 0.417 e. The van der Waals surface area contributed by atoms with Crippen molar-refractivity contribution in [2.75, 3.05) is 6.61 Å². The SMILES string of the molecule is CCOC(=O)Cc1ccc(-n2c(C(C)(C)NC(C)=O)nc3cc(C(F)(F)F)c(Cl)cc32)cc1. The van der Waals surface area contributed by atoms with Crippen molar-refractivity contribution in [3.63, 3.8) is 0 Å². The molecule has 0 bridgehead atoms. The molecule has 0 aliphatic rings. The number of amides is 1. The molecule has 33 heavy (non-hydrogen) atoms. The summed E-state index contributed by atoms with van der Waals surface area (Å²) in [5.41, 5.74) is -0.291. The van der Waals surface area contributed by atoms with Crippen LogP contribution in [0.15, 0.2) is 36.4 Å². The first-order valence-corrected chi connectivity index (χ1v) is 10.5. The third kappa shape index (κ3) is 5.30. The van der Waals surface area contributed by atoms with Crippen LogP contribution in [-0.2, 0) is 32.5 Å². The molecule has 1 N–H and O–H groups in total. The predicted octanol–water partition coefficient (Wildman–Crippen LogP) is 5.17. The highest BCUT2D eigenvalue weighted by Gasteiger charge is 2.35. The van der Waals surface area contributed by atoms with Crippen LogP contribution in [-0.4, -0.2) is 28.0 Å². The van der Waals surface area contributed by atoms with E-state index in [2.05, 4.69) is 10.3 Å². The number of benzene rings is 2. The molecule has 10 heteroatoms. The number of imidazole rings is 1. The highest BCUT2D eigenvalue weighted by molar-refractivity contribution is 6.32. The van der Waals surface area contributed by atoms with Gasteiger partial charge in [0.1, 0.15) is 5.82 Å². The molecule has 0 aliphatic carbocycles. The van der Waals surface area contributed by atoms with E-state index in [0.717, 1.165) is 6.07 Å². The van der Waals surface area contributed by atoms with Crippen molar-refractivity contribution in [3.8, 4) is 5.69 Å². The van der Waals surface area contributed by atoms with E-state index in [0.29, 0.717) is 22.6 Å². The van der Waals surface area contributed by atoms with Gasteiger partial charge >= 0.3 is 12.1 Å². The second-order valence-corrected chi connectivity index (χ2v) is 8.45. The maximum absolute atomic E-state index is 13.4. The summed E-state index contributed by atoms with van der Waals surface area (Å²) < 4.78 is 46.8. The van der Waals surface area contributed by atoms with Crippen LogP contribution >= 0.6 is 11.6 Å². The molecule has 6 nitrogen and oxygen atoms in total. The van der Waals surface area contributed by atoms with Gasteiger partial charge in [-0.05, 0) is 50.6 Å². The molecule has 0 fully saturated rings. The Kier molecular flexibility index (Phi) is 6.74. The molecule has 2 aromatic carbocycles. The van der Waals surface area contributed by atoms with Gasteiger partial charge in [0.25, 0.3) is 0 Å². The Bertz CT molecular complexity index is 1200. The number of carbonyl (C=O) groups is 2. The van der Waals surface area contributed by atoms with Gasteiger partial charge in [-0.15, -0.1) is 0 Å². The average Bonchev–Trinajstić information content (AvgIpc) is 3.06. The molecule has 1 amide bonds. The molecule has 3 rings (SSSR count). The standard InChI is InChI=1S/C23H23ClF3N3O3/c1-5-33-20(32)10-14-6-8-15(9-7-14)30-19-12-17(24)16(23(25,26)27)11-18(19)28-21(30)22(3,4)29-13(2)31/h6-9,11-12H,5,10H2,1-4H3,(H,29,31). The van der Waals surface area contributed by atoms with Crippen molar-refractivity contribution in [3.05, 3.63) is 58.4 Å². The van der Waals surface area contributed by atoms with E-state index in [1.807, 2.05) is 0 Å². The Labute approximate surface area is 193 Å². The number of halogens is 4. The van der Waals surface area contributed by atoms with Crippen LogP contribution < -0.4 is 5.32 Å². The number of fused-ring (bicyclic) bond motifs is 1. The number of ether oxygens (including phenoxy) is 1. The Balaban J connectivity index is 2.19. The fraction of sp³-hybridized carbons (Fsp3) is 0.348. The number of carbonyl (C=O) groups excluding carboxylic acids is 2. The monoisotopic (exact) mass is 481 g/mol. The summed E-state index contributed by atoms with van der Waals surface area (Å²) >= 11 is 5.99. The number of nitrogens with one attached hydrogen (secondary N) is 1. The van der Waals surface area contributed by atoms with E-state index in [-0.39, 0.29) is 30.4 Å². The van der Waals surface area contributed by atoms with Crippen molar-refractivity contribution >= 4 is 34.5 Å². The number of rotatable bonds is 6. The first kappa shape index (κ1) is 24.6. The molecule has 1 aromatic heterocycles. The van der Waals surface area contributed by atoms with Crippen molar-refractivity contribution < 1.29 is 27.5 Å². The fourth-order valence-electron chi connectivity index (χ4n) is 3.63. The molecule has 0 saturated carbocycles. The van der Waals surface area contributed by atoms with Gasteiger partial charge in [-0.25, -0.2) is 4.98 Å². The van der Waals surface area contributed by atoms with Crippen molar-refractivity contribution in [1.29, 1.82) is 0 Å². The lowest BCUT2D eigenvalue weighted by Crippen LogP contribution is -2.41. The topological polar surface area (TPSA) is 73.2 Å². The number of hydrogen-bond donors (Lipinski definition) is 1. The summed E-state index contributed by atoms with van der Waals surface area (Å²) in [5, 5.41) is 2.32. The van der Waals surface area contributed by atoms with E-state index in [1.54, 1.807) is 49.6 Å². The zero-order chi connectivity index (χ0) is 24.6. The van der Waals surface area contributed by atoms with Gasteiger partial charge in [0.05, 0.1) is 40.2 Å². The van der Waals surface area contributed by atoms with Gasteiger partial charge in [0, 0.05) is 12.6 Å². The van der Waals surface area contributed by atoms with Crippen LogP contribution in [0.1, 0.15) is 44.6 Å². The first-order chi connectivity index (χ1) is 15.3. The summed E-state index contributed by atoms with van der Waals surface area (Å²) in [6.45, 7) is 6.75. The zero-order valence-electron chi connectivity index (χ0n) is 18.5. The molecular formula is C23H23ClF3N3O3. The molecule has 176 valence electrons. The Morgan fingerprint density at radius 2 is 1.79 bits per heavy atom. The summed E-state index contributed by atoms with van der Waals surface area (Å²) in [4.78, 5) is 28.0. The van der Waals surface area contributed by atoms with Crippen molar-refractivity contribution in [2.24, 2.45) is 0 Å². The van der Waals surface area contributed by atoms with Crippen LogP contribution in [0.4, 0.5) is 13.2 Å². The van der Waals surface area contributed by atoms with E-state index in [1.165, 1.54) is 13.0 Å². The highest BCUT2D eigenvalue weighted by atomic mass is 35.5. The maximum Gasteiger partial charge on any atom is 0.417 e. The number of nitrogens with zero attached hydrogens (tertiary/aromatic N) is 2. The van der Waals surface area contributed by atoms with Gasteiger partial charge in [0.2, 0.25) is 5.91 Å². The second-order valence-electron chi connectivity index (χ2n) is 8.04. The molecule has 0 unspecified atom stereocenters. The Hall–Kier alpha value is -3.07. The summed E-state index contributed by atoms with van der Waals surface area (Å²) in [6.07, 6.45) is -4.55. The summed E-state index contributed by atoms with van der Waals surface area (Å²) in [5.74, 6) is -0.365. The molecule has 0 atom stereocenters. The molecule has 1 heterocycles. The third-order valence-electron chi connectivity index (χ3n) is 4.94. The van der Waals surface area contributed by atoms with E-state index >= 15 is 0 Å². The Morgan fingerprint density at radius 1 is 1.15 bits per heavy atom. The quantitative estimate of drug-likeness (QED) is 0.493. The lowest BCUT2D eigenvalue weighted by Gasteiger charge is -2.26. The number of hydrogen-bond acceptors (Lipinski definition) is 4. The average molecular weight is 482 g/mol. The van der Waals surface area contributed by atoms with Gasteiger partial charge < -0.3 is 10.1 Å². The molecular weight excluding hydrogens is 459 g/mol. The van der Waals surface area contributed by atoms with E-state index in [4.69, 9.17) is 16.3 Å². The largest absolute Gasteiger partial charge is 0.466 e. The minimum Gasteiger partial charge on any atom is -0.466 e. The predicted molar refractivity (Wildman–Crippen MR) is 118 cm³/mol. The van der Waals surface area contributed by atoms with Crippen LogP contribution in [0.5, 0.6) is 0 Å². The van der Waals surface area contributed by atoms with Gasteiger partial charge in [0.15, 0.2) is 0 Å². The van der Waals surface area contributed by atoms with Crippen LogP contribution in [0.3, 0.4) is 0 Å². The van der Waals surface area contributed by atoms with Crippen molar-refractivity contribution in [1.82, 2.24) is 14.9 Å². The number of aromatic nitrogens is 2. The summed E-state index contributed by atoms with van der Waals surface area (Å²) in [6, 6.07) is 8.99. The van der Waals surface area contributed by atoms with E-state index < -0.39 is 22.3 Å². The lowest BCUT2D eigenvalue weighted by molar-refractivity contribution is -0.142. The molecule has 0 spiro atoms. The third-order valence-corrected chi connectivity index (χ3v) is 5.26. The fourth-order valence-corrected chi connectivity index (χ4v) is 3.90. The zero-order valence-corrected chi connectivity index (χ0v) is 19.3. The maximum atomic E-state index is 13.4. The lowest BCUT2D eigenvalue weighted by atomic mass is 10.0. The van der Waals surface area contributed by atoms with Gasteiger partial charge in [-0.2, -0.15) is 13.2 Å². The van der Waals surface area contributed by atoms with Crippen molar-refractivity contribution in [2.45, 2.75) is 45.8 Å². The van der Waals surface area contributed by atoms with Crippen LogP contribution in [0.2, 0.25) is 5.02 Å². The number of alkyl halides is 3.